The standard InChI is InChI=1S/C11H15N5O2/c1-6(7(2)12)11-13-10(16-18-11)8-4-5-9(17-3)15-14-8/h4-7H,12H2,1-3H3. The van der Waals surface area contributed by atoms with Crippen LogP contribution in [0.1, 0.15) is 25.7 Å². The summed E-state index contributed by atoms with van der Waals surface area (Å²) in [5.41, 5.74) is 6.31. The summed E-state index contributed by atoms with van der Waals surface area (Å²) in [6.45, 7) is 3.82. The minimum absolute atomic E-state index is 0.00235. The number of aromatic nitrogens is 4. The molecule has 0 bridgehead atoms. The topological polar surface area (TPSA) is 100.0 Å². The minimum Gasteiger partial charge on any atom is -0.480 e. The van der Waals surface area contributed by atoms with E-state index < -0.39 is 0 Å². The van der Waals surface area contributed by atoms with Crippen molar-refractivity contribution in [3.8, 4) is 17.4 Å². The third-order valence-corrected chi connectivity index (χ3v) is 2.70. The molecule has 2 unspecified atom stereocenters. The van der Waals surface area contributed by atoms with Crippen LogP contribution in [0.25, 0.3) is 11.5 Å². The molecule has 0 saturated carbocycles. The molecule has 0 fully saturated rings. The molecule has 7 nitrogen and oxygen atoms in total. The van der Waals surface area contributed by atoms with Crippen molar-refractivity contribution in [1.82, 2.24) is 20.3 Å². The van der Waals surface area contributed by atoms with Gasteiger partial charge in [0.25, 0.3) is 0 Å². The van der Waals surface area contributed by atoms with Crippen molar-refractivity contribution >= 4 is 0 Å². The Hall–Kier alpha value is -2.02. The molecule has 18 heavy (non-hydrogen) atoms. The lowest BCUT2D eigenvalue weighted by molar-refractivity contribution is 0.346. The van der Waals surface area contributed by atoms with Gasteiger partial charge in [-0.3, -0.25) is 0 Å². The van der Waals surface area contributed by atoms with Crippen LogP contribution in [0.2, 0.25) is 0 Å². The van der Waals surface area contributed by atoms with Crippen molar-refractivity contribution in [3.63, 3.8) is 0 Å². The van der Waals surface area contributed by atoms with Crippen LogP contribution in [0.15, 0.2) is 16.7 Å². The summed E-state index contributed by atoms with van der Waals surface area (Å²) in [7, 11) is 1.53. The number of rotatable bonds is 4. The fourth-order valence-electron chi connectivity index (χ4n) is 1.30. The zero-order chi connectivity index (χ0) is 13.1. The van der Waals surface area contributed by atoms with Gasteiger partial charge in [0.2, 0.25) is 17.6 Å². The zero-order valence-electron chi connectivity index (χ0n) is 10.5. The Bertz CT molecular complexity index is 508. The van der Waals surface area contributed by atoms with Crippen molar-refractivity contribution in [2.45, 2.75) is 25.8 Å². The average Bonchev–Trinajstić information content (AvgIpc) is 2.87. The lowest BCUT2D eigenvalue weighted by Crippen LogP contribution is -2.22. The number of hydrogen-bond acceptors (Lipinski definition) is 7. The first-order valence-electron chi connectivity index (χ1n) is 5.59. The van der Waals surface area contributed by atoms with E-state index in [2.05, 4.69) is 20.3 Å². The van der Waals surface area contributed by atoms with E-state index in [1.165, 1.54) is 7.11 Å². The third kappa shape index (κ3) is 2.45. The Morgan fingerprint density at radius 2 is 2.06 bits per heavy atom. The van der Waals surface area contributed by atoms with Gasteiger partial charge in [-0.2, -0.15) is 4.98 Å². The molecule has 2 heterocycles. The Kier molecular flexibility index (Phi) is 3.52. The van der Waals surface area contributed by atoms with Crippen LogP contribution >= 0.6 is 0 Å². The van der Waals surface area contributed by atoms with Gasteiger partial charge in [-0.25, -0.2) is 0 Å². The molecule has 96 valence electrons. The van der Waals surface area contributed by atoms with Gasteiger partial charge in [-0.15, -0.1) is 10.2 Å². The fraction of sp³-hybridized carbons (Fsp3) is 0.455. The van der Waals surface area contributed by atoms with Gasteiger partial charge in [0.05, 0.1) is 13.0 Å². The molecular weight excluding hydrogens is 234 g/mol. The number of hydrogen-bond donors (Lipinski definition) is 1. The first-order valence-corrected chi connectivity index (χ1v) is 5.59. The van der Waals surface area contributed by atoms with Crippen LogP contribution in [-0.4, -0.2) is 33.5 Å². The SMILES string of the molecule is COc1ccc(-c2noc(C(C)C(C)N)n2)nn1. The van der Waals surface area contributed by atoms with E-state index >= 15 is 0 Å². The Balaban J connectivity index is 2.23. The van der Waals surface area contributed by atoms with Crippen LogP contribution in [0.3, 0.4) is 0 Å². The van der Waals surface area contributed by atoms with Gasteiger partial charge in [0.15, 0.2) is 0 Å². The van der Waals surface area contributed by atoms with E-state index in [4.69, 9.17) is 15.0 Å². The molecule has 0 aromatic carbocycles. The van der Waals surface area contributed by atoms with Gasteiger partial charge in [0, 0.05) is 12.1 Å². The molecule has 0 radical (unpaired) electrons. The summed E-state index contributed by atoms with van der Waals surface area (Å²) in [4.78, 5) is 4.26. The van der Waals surface area contributed by atoms with Gasteiger partial charge in [0.1, 0.15) is 5.69 Å². The van der Waals surface area contributed by atoms with Crippen molar-refractivity contribution in [2.75, 3.05) is 7.11 Å². The normalized spacial score (nSPS) is 14.2. The molecule has 2 aromatic rings. The molecule has 2 atom stereocenters. The predicted molar refractivity (Wildman–Crippen MR) is 63.9 cm³/mol. The molecule has 0 spiro atoms. The molecule has 0 saturated heterocycles. The molecule has 7 heteroatoms. The second-order valence-electron chi connectivity index (χ2n) is 4.06. The van der Waals surface area contributed by atoms with Gasteiger partial charge < -0.3 is 15.0 Å². The highest BCUT2D eigenvalue weighted by molar-refractivity contribution is 5.47. The van der Waals surface area contributed by atoms with E-state index in [-0.39, 0.29) is 12.0 Å². The molecule has 0 aliphatic heterocycles. The molecule has 0 aliphatic rings. The Labute approximate surface area is 104 Å². The fourth-order valence-corrected chi connectivity index (χ4v) is 1.30. The van der Waals surface area contributed by atoms with Crippen molar-refractivity contribution in [2.24, 2.45) is 5.73 Å². The maximum atomic E-state index is 5.78. The van der Waals surface area contributed by atoms with Gasteiger partial charge in [-0.05, 0) is 13.0 Å². The van der Waals surface area contributed by atoms with Gasteiger partial charge >= 0.3 is 0 Å². The molecule has 0 amide bonds. The highest BCUT2D eigenvalue weighted by Gasteiger charge is 2.19. The van der Waals surface area contributed by atoms with Crippen molar-refractivity contribution in [1.29, 1.82) is 0 Å². The summed E-state index contributed by atoms with van der Waals surface area (Å²) >= 11 is 0. The zero-order valence-corrected chi connectivity index (χ0v) is 10.5. The number of nitrogens with zero attached hydrogens (tertiary/aromatic N) is 4. The van der Waals surface area contributed by atoms with Crippen LogP contribution in [0.4, 0.5) is 0 Å². The van der Waals surface area contributed by atoms with E-state index in [1.807, 2.05) is 13.8 Å². The maximum Gasteiger partial charge on any atom is 0.233 e. The summed E-state index contributed by atoms with van der Waals surface area (Å²) < 4.78 is 10.1. The summed E-state index contributed by atoms with van der Waals surface area (Å²) in [6.07, 6.45) is 0. The summed E-state index contributed by atoms with van der Waals surface area (Å²) in [6, 6.07) is 3.35. The molecule has 2 N–H and O–H groups in total. The quantitative estimate of drug-likeness (QED) is 0.862. The predicted octanol–water partition coefficient (Wildman–Crippen LogP) is 0.986. The maximum absolute atomic E-state index is 5.78. The van der Waals surface area contributed by atoms with E-state index in [1.54, 1.807) is 12.1 Å². The minimum atomic E-state index is -0.0553. The first kappa shape index (κ1) is 12.4. The van der Waals surface area contributed by atoms with Crippen LogP contribution < -0.4 is 10.5 Å². The highest BCUT2D eigenvalue weighted by Crippen LogP contribution is 2.20. The van der Waals surface area contributed by atoms with E-state index in [0.717, 1.165) is 0 Å². The van der Waals surface area contributed by atoms with E-state index in [0.29, 0.717) is 23.3 Å². The number of nitrogens with two attached hydrogens (primary N) is 1. The second-order valence-corrected chi connectivity index (χ2v) is 4.06. The average molecular weight is 249 g/mol. The Morgan fingerprint density at radius 3 is 2.61 bits per heavy atom. The lowest BCUT2D eigenvalue weighted by atomic mass is 10.1. The smallest absolute Gasteiger partial charge is 0.233 e. The number of ether oxygens (including phenoxy) is 1. The molecule has 2 aromatic heterocycles. The Morgan fingerprint density at radius 1 is 1.28 bits per heavy atom. The van der Waals surface area contributed by atoms with Gasteiger partial charge in [-0.1, -0.05) is 12.1 Å². The highest BCUT2D eigenvalue weighted by atomic mass is 16.5. The monoisotopic (exact) mass is 249 g/mol. The summed E-state index contributed by atoms with van der Waals surface area (Å²) in [5.74, 6) is 1.33. The largest absolute Gasteiger partial charge is 0.480 e. The van der Waals surface area contributed by atoms with Crippen LogP contribution in [-0.2, 0) is 0 Å². The van der Waals surface area contributed by atoms with Crippen LogP contribution in [0, 0.1) is 0 Å². The van der Waals surface area contributed by atoms with Crippen molar-refractivity contribution in [3.05, 3.63) is 18.0 Å². The van der Waals surface area contributed by atoms with Crippen LogP contribution in [0.5, 0.6) is 5.88 Å². The first-order chi connectivity index (χ1) is 8.61. The molecule has 2 rings (SSSR count). The number of methoxy groups -OCH3 is 1. The summed E-state index contributed by atoms with van der Waals surface area (Å²) in [5, 5.41) is 11.7. The second kappa shape index (κ2) is 5.09. The molecular formula is C11H15N5O2. The third-order valence-electron chi connectivity index (χ3n) is 2.70. The molecule has 0 aliphatic carbocycles. The van der Waals surface area contributed by atoms with Crippen molar-refractivity contribution < 1.29 is 9.26 Å². The lowest BCUT2D eigenvalue weighted by Gasteiger charge is -2.09. The van der Waals surface area contributed by atoms with E-state index in [9.17, 15) is 0 Å².